The maximum atomic E-state index is 10.5. The number of Topliss-reactive ketones (excluding diaryl/α,β-unsaturated/α-hetero) is 1. The van der Waals surface area contributed by atoms with Crippen molar-refractivity contribution < 1.29 is 14.3 Å². The molecule has 0 unspecified atom stereocenters. The molecule has 0 heterocycles. The van der Waals surface area contributed by atoms with Gasteiger partial charge in [0.2, 0.25) is 0 Å². The molecule has 0 bridgehead atoms. The highest BCUT2D eigenvalue weighted by molar-refractivity contribution is 5.85. The van der Waals surface area contributed by atoms with Crippen molar-refractivity contribution in [3.63, 3.8) is 0 Å². The van der Waals surface area contributed by atoms with Gasteiger partial charge in [-0.2, -0.15) is 0 Å². The van der Waals surface area contributed by atoms with Crippen LogP contribution in [0.3, 0.4) is 0 Å². The molecule has 0 aromatic carbocycles. The third kappa shape index (κ3) is 3.32. The van der Waals surface area contributed by atoms with Crippen LogP contribution in [0, 0.1) is 0 Å². The molecule has 0 aromatic heterocycles. The fourth-order valence-electron chi connectivity index (χ4n) is 1.06. The minimum Gasteiger partial charge on any atom is -0.376 e. The second-order valence-electron chi connectivity index (χ2n) is 3.36. The van der Waals surface area contributed by atoms with Crippen molar-refractivity contribution in [1.82, 2.24) is 0 Å². The largest absolute Gasteiger partial charge is 0.376 e. The first-order valence-corrected chi connectivity index (χ1v) is 4.43. The average molecular weight is 172 g/mol. The number of rotatable bonds is 5. The lowest BCUT2D eigenvalue weighted by molar-refractivity contribution is -0.135. The highest BCUT2D eigenvalue weighted by atomic mass is 16.5. The third-order valence-corrected chi connectivity index (χ3v) is 1.80. The van der Waals surface area contributed by atoms with Gasteiger partial charge in [-0.15, -0.1) is 0 Å². The molecule has 0 atom stereocenters. The molecule has 0 aliphatic heterocycles. The number of carbonyl (C=O) groups excluding carboxylic acids is 1. The summed E-state index contributed by atoms with van der Waals surface area (Å²) >= 11 is 0. The van der Waals surface area contributed by atoms with Gasteiger partial charge < -0.3 is 9.47 Å². The molecule has 1 saturated carbocycles. The van der Waals surface area contributed by atoms with E-state index in [1.54, 1.807) is 0 Å². The van der Waals surface area contributed by atoms with Crippen LogP contribution >= 0.6 is 0 Å². The lowest BCUT2D eigenvalue weighted by atomic mass is 9.94. The maximum Gasteiger partial charge on any atom is 0.138 e. The summed E-state index contributed by atoms with van der Waals surface area (Å²) in [6.07, 6.45) is 1.63. The normalized spacial score (nSPS) is 18.4. The highest BCUT2D eigenvalue weighted by Gasteiger charge is 2.26. The van der Waals surface area contributed by atoms with Crippen LogP contribution in [-0.2, 0) is 14.3 Å². The lowest BCUT2D eigenvalue weighted by Crippen LogP contribution is -2.32. The van der Waals surface area contributed by atoms with Gasteiger partial charge in [-0.1, -0.05) is 0 Å². The Labute approximate surface area is 73.0 Å². The number of ketones is 1. The molecule has 0 saturated heterocycles. The smallest absolute Gasteiger partial charge is 0.138 e. The standard InChI is InChI=1S/C9H16O3/c1-7(2)11-3-4-12-9-5-8(10)6-9/h7,9H,3-6H2,1-2H3. The van der Waals surface area contributed by atoms with Gasteiger partial charge in [-0.05, 0) is 13.8 Å². The Kier molecular flexibility index (Phi) is 3.69. The van der Waals surface area contributed by atoms with Crippen LogP contribution in [0.25, 0.3) is 0 Å². The van der Waals surface area contributed by atoms with Gasteiger partial charge >= 0.3 is 0 Å². The average Bonchev–Trinajstić information content (AvgIpc) is 1.93. The summed E-state index contributed by atoms with van der Waals surface area (Å²) in [5.74, 6) is 0.310. The van der Waals surface area contributed by atoms with Crippen LogP contribution in [0.15, 0.2) is 0 Å². The van der Waals surface area contributed by atoms with Gasteiger partial charge in [0, 0.05) is 12.8 Å². The molecule has 3 nitrogen and oxygen atoms in total. The van der Waals surface area contributed by atoms with E-state index in [0.717, 1.165) is 0 Å². The Balaban J connectivity index is 1.86. The summed E-state index contributed by atoms with van der Waals surface area (Å²) in [4.78, 5) is 10.5. The fraction of sp³-hybridized carbons (Fsp3) is 0.889. The Morgan fingerprint density at radius 2 is 2.08 bits per heavy atom. The quantitative estimate of drug-likeness (QED) is 0.584. The summed E-state index contributed by atoms with van der Waals surface area (Å²) in [7, 11) is 0. The minimum absolute atomic E-state index is 0.174. The zero-order valence-corrected chi connectivity index (χ0v) is 7.71. The molecule has 0 amide bonds. The van der Waals surface area contributed by atoms with Gasteiger partial charge in [0.1, 0.15) is 5.78 Å². The number of hydrogen-bond donors (Lipinski definition) is 0. The predicted molar refractivity (Wildman–Crippen MR) is 45.1 cm³/mol. The first kappa shape index (κ1) is 9.68. The van der Waals surface area contributed by atoms with E-state index in [4.69, 9.17) is 9.47 Å². The monoisotopic (exact) mass is 172 g/mol. The molecule has 1 fully saturated rings. The van der Waals surface area contributed by atoms with Crippen LogP contribution in [-0.4, -0.2) is 31.2 Å². The van der Waals surface area contributed by atoms with Crippen LogP contribution in [0.4, 0.5) is 0 Å². The van der Waals surface area contributed by atoms with E-state index in [1.165, 1.54) is 0 Å². The lowest BCUT2D eigenvalue weighted by Gasteiger charge is -2.24. The Morgan fingerprint density at radius 1 is 1.42 bits per heavy atom. The molecule has 12 heavy (non-hydrogen) atoms. The molecule has 0 aromatic rings. The van der Waals surface area contributed by atoms with Crippen molar-refractivity contribution in [2.45, 2.75) is 38.9 Å². The van der Waals surface area contributed by atoms with E-state index in [0.29, 0.717) is 31.8 Å². The van der Waals surface area contributed by atoms with Crippen LogP contribution < -0.4 is 0 Å². The van der Waals surface area contributed by atoms with Crippen molar-refractivity contribution in [2.75, 3.05) is 13.2 Å². The Morgan fingerprint density at radius 3 is 2.58 bits per heavy atom. The molecular weight excluding hydrogens is 156 g/mol. The van der Waals surface area contributed by atoms with Crippen molar-refractivity contribution in [1.29, 1.82) is 0 Å². The van der Waals surface area contributed by atoms with E-state index < -0.39 is 0 Å². The number of hydrogen-bond acceptors (Lipinski definition) is 3. The first-order chi connectivity index (χ1) is 5.68. The van der Waals surface area contributed by atoms with E-state index >= 15 is 0 Å². The summed E-state index contributed by atoms with van der Waals surface area (Å²) in [5, 5.41) is 0. The zero-order valence-electron chi connectivity index (χ0n) is 7.71. The topological polar surface area (TPSA) is 35.5 Å². The Hall–Kier alpha value is -0.410. The molecule has 70 valence electrons. The van der Waals surface area contributed by atoms with Crippen molar-refractivity contribution in [3.8, 4) is 0 Å². The number of ether oxygens (including phenoxy) is 2. The second kappa shape index (κ2) is 4.58. The van der Waals surface area contributed by atoms with Gasteiger partial charge in [0.25, 0.3) is 0 Å². The van der Waals surface area contributed by atoms with E-state index in [1.807, 2.05) is 13.8 Å². The third-order valence-electron chi connectivity index (χ3n) is 1.80. The fourth-order valence-corrected chi connectivity index (χ4v) is 1.06. The SMILES string of the molecule is CC(C)OCCOC1CC(=O)C1. The van der Waals surface area contributed by atoms with Crippen molar-refractivity contribution >= 4 is 5.78 Å². The Bertz CT molecular complexity index is 146. The molecule has 3 heteroatoms. The van der Waals surface area contributed by atoms with Crippen molar-refractivity contribution in [2.24, 2.45) is 0 Å². The van der Waals surface area contributed by atoms with Gasteiger partial charge in [0.15, 0.2) is 0 Å². The second-order valence-corrected chi connectivity index (χ2v) is 3.36. The highest BCUT2D eigenvalue weighted by Crippen LogP contribution is 2.17. The predicted octanol–water partition coefficient (Wildman–Crippen LogP) is 1.16. The summed E-state index contributed by atoms with van der Waals surface area (Å²) in [6.45, 7) is 5.22. The number of carbonyl (C=O) groups is 1. The summed E-state index contributed by atoms with van der Waals surface area (Å²) < 4.78 is 10.6. The van der Waals surface area contributed by atoms with Gasteiger partial charge in [-0.25, -0.2) is 0 Å². The van der Waals surface area contributed by atoms with E-state index in [9.17, 15) is 4.79 Å². The van der Waals surface area contributed by atoms with Crippen LogP contribution in [0.5, 0.6) is 0 Å². The first-order valence-electron chi connectivity index (χ1n) is 4.43. The minimum atomic E-state index is 0.174. The molecule has 1 aliphatic carbocycles. The molecular formula is C9H16O3. The van der Waals surface area contributed by atoms with E-state index in [-0.39, 0.29) is 12.2 Å². The van der Waals surface area contributed by atoms with Crippen LogP contribution in [0.2, 0.25) is 0 Å². The van der Waals surface area contributed by atoms with E-state index in [2.05, 4.69) is 0 Å². The van der Waals surface area contributed by atoms with Gasteiger partial charge in [-0.3, -0.25) is 4.79 Å². The summed E-state index contributed by atoms with van der Waals surface area (Å²) in [6, 6.07) is 0. The molecule has 0 spiro atoms. The maximum absolute atomic E-state index is 10.5. The zero-order chi connectivity index (χ0) is 8.97. The molecule has 0 N–H and O–H groups in total. The summed E-state index contributed by atoms with van der Waals surface area (Å²) in [5.41, 5.74) is 0. The molecule has 1 aliphatic rings. The molecule has 0 radical (unpaired) electrons. The van der Waals surface area contributed by atoms with Crippen molar-refractivity contribution in [3.05, 3.63) is 0 Å². The van der Waals surface area contributed by atoms with Crippen LogP contribution in [0.1, 0.15) is 26.7 Å². The van der Waals surface area contributed by atoms with Gasteiger partial charge in [0.05, 0.1) is 25.4 Å². The molecule has 1 rings (SSSR count).